The van der Waals surface area contributed by atoms with Crippen molar-refractivity contribution in [2.45, 2.75) is 65.6 Å². The molecule has 1 saturated heterocycles. The largest absolute Gasteiger partial charge is 0.744 e. The third-order valence-corrected chi connectivity index (χ3v) is 17.3. The zero-order valence-corrected chi connectivity index (χ0v) is 37.5. The number of imide groups is 1. The first-order valence-electron chi connectivity index (χ1n) is 18.7. The summed E-state index contributed by atoms with van der Waals surface area (Å²) in [6.07, 6.45) is -0.368. The second-order valence-corrected chi connectivity index (χ2v) is 22.0. The van der Waals surface area contributed by atoms with Gasteiger partial charge in [-0.1, -0.05) is 0 Å². The van der Waals surface area contributed by atoms with Gasteiger partial charge in [0.15, 0.2) is 5.54 Å². The fourth-order valence-corrected chi connectivity index (χ4v) is 12.9. The molecule has 322 valence electrons. The molecule has 5 aromatic rings. The standard InChI is InChI=1S/C41H33F2N3O11S5/c1-40(2)22-9-10-58-37(22)18-11-20-27(15-25(18)44(40)5)56-28-16-26-19(38-23(41(3,4)45(26)6)13-33(60-38)61(50,51)52)12-21(28)34(20)35-36(43)29(14-24(42)39(35)62(53,54)55)59-17-32(49)57-46-30(47)7-8-31(46)48/h9-16H,7-8,17H2,1-6H3,(H-,50,51,52,53,54,55). The lowest BCUT2D eigenvalue weighted by Gasteiger charge is -2.43. The molecule has 0 unspecified atom stereocenters. The van der Waals surface area contributed by atoms with Gasteiger partial charge in [0.05, 0.1) is 27.8 Å². The van der Waals surface area contributed by atoms with Crippen LogP contribution in [0.15, 0.2) is 61.8 Å². The molecule has 21 heteroatoms. The Morgan fingerprint density at radius 2 is 1.66 bits per heavy atom. The van der Waals surface area contributed by atoms with Crippen LogP contribution in [-0.2, 0) is 50.5 Å². The van der Waals surface area contributed by atoms with Crippen LogP contribution in [0.4, 0.5) is 14.5 Å². The predicted octanol–water partition coefficient (Wildman–Crippen LogP) is 5.68. The molecular formula is C41H33F2N3O11S5. The van der Waals surface area contributed by atoms with Gasteiger partial charge in [-0.05, 0) is 55.1 Å². The van der Waals surface area contributed by atoms with Crippen LogP contribution in [0, 0.1) is 11.6 Å². The van der Waals surface area contributed by atoms with Gasteiger partial charge in [-0.15, -0.1) is 39.5 Å². The molecule has 0 radical (unpaired) electrons. The lowest BCUT2D eigenvalue weighted by Crippen LogP contribution is -2.46. The summed E-state index contributed by atoms with van der Waals surface area (Å²) in [5.41, 5.74) is 0.666. The monoisotopic (exact) mass is 941 g/mol. The molecule has 1 fully saturated rings. The van der Waals surface area contributed by atoms with Crippen LogP contribution in [0.3, 0.4) is 0 Å². The van der Waals surface area contributed by atoms with Crippen molar-refractivity contribution < 1.29 is 58.7 Å². The molecule has 0 spiro atoms. The van der Waals surface area contributed by atoms with Crippen molar-refractivity contribution in [3.63, 3.8) is 0 Å². The van der Waals surface area contributed by atoms with E-state index in [0.29, 0.717) is 55.5 Å². The van der Waals surface area contributed by atoms with Crippen molar-refractivity contribution in [3.05, 3.63) is 92.3 Å². The summed E-state index contributed by atoms with van der Waals surface area (Å²) >= 11 is 2.59. The number of ether oxygens (including phenoxy) is 1. The summed E-state index contributed by atoms with van der Waals surface area (Å²) in [4.78, 5) is 43.0. The maximum atomic E-state index is 17.5. The number of benzene rings is 3. The van der Waals surface area contributed by atoms with Crippen LogP contribution in [0.2, 0.25) is 0 Å². The summed E-state index contributed by atoms with van der Waals surface area (Å²) in [5.74, 6) is -6.34. The van der Waals surface area contributed by atoms with Gasteiger partial charge in [0.1, 0.15) is 49.4 Å². The summed E-state index contributed by atoms with van der Waals surface area (Å²) in [6.45, 7) is 7.76. The number of carbonyl (C=O) groups excluding carboxylic acids is 3. The summed E-state index contributed by atoms with van der Waals surface area (Å²) < 4.78 is 117. The van der Waals surface area contributed by atoms with Crippen molar-refractivity contribution in [2.24, 2.45) is 0 Å². The number of thioether (sulfide) groups is 1. The molecular weight excluding hydrogens is 909 g/mol. The Labute approximate surface area is 365 Å². The Hall–Kier alpha value is -5.03. The number of hydrogen-bond acceptors (Lipinski definition) is 14. The van der Waals surface area contributed by atoms with Crippen LogP contribution < -0.4 is 24.8 Å². The fourth-order valence-electron chi connectivity index (χ4n) is 8.34. The Bertz CT molecular complexity index is 3270. The van der Waals surface area contributed by atoms with E-state index in [2.05, 4.69) is 0 Å². The van der Waals surface area contributed by atoms with Crippen molar-refractivity contribution in [3.8, 4) is 32.4 Å². The number of rotatable bonds is 7. The molecule has 14 nitrogen and oxygen atoms in total. The van der Waals surface area contributed by atoms with E-state index in [4.69, 9.17) is 9.57 Å². The molecule has 9 rings (SSSR count). The van der Waals surface area contributed by atoms with Gasteiger partial charge in [0, 0.05) is 88.3 Å². The van der Waals surface area contributed by atoms with Gasteiger partial charge in [-0.25, -0.2) is 26.6 Å². The van der Waals surface area contributed by atoms with Gasteiger partial charge >= 0.3 is 16.1 Å². The number of amides is 2. The van der Waals surface area contributed by atoms with Gasteiger partial charge in [-0.2, -0.15) is 8.42 Å². The maximum absolute atomic E-state index is 17.5. The second-order valence-electron chi connectivity index (χ2n) is 16.1. The maximum Gasteiger partial charge on any atom is 0.343 e. The number of hydrogen-bond donors (Lipinski definition) is 1. The fraction of sp³-hybridized carbons (Fsp3) is 0.268. The van der Waals surface area contributed by atoms with E-state index in [1.807, 2.05) is 55.7 Å². The normalized spacial score (nSPS) is 17.2. The lowest BCUT2D eigenvalue weighted by molar-refractivity contribution is -0.195. The summed E-state index contributed by atoms with van der Waals surface area (Å²) in [5, 5.41) is 2.71. The van der Waals surface area contributed by atoms with Crippen LogP contribution in [-0.4, -0.2) is 68.6 Å². The third-order valence-electron chi connectivity index (χ3n) is 12.0. The Morgan fingerprint density at radius 3 is 2.32 bits per heavy atom. The molecule has 1 N–H and O–H groups in total. The van der Waals surface area contributed by atoms with E-state index >= 15 is 8.78 Å². The topological polar surface area (TPSA) is 191 Å². The van der Waals surface area contributed by atoms with Crippen molar-refractivity contribution in [1.29, 1.82) is 0 Å². The van der Waals surface area contributed by atoms with Crippen LogP contribution >= 0.6 is 34.4 Å². The Kier molecular flexibility index (Phi) is 9.54. The van der Waals surface area contributed by atoms with E-state index < -0.39 is 81.8 Å². The highest BCUT2D eigenvalue weighted by molar-refractivity contribution is 8.00. The van der Waals surface area contributed by atoms with Crippen LogP contribution in [0.1, 0.15) is 62.8 Å². The average molecular weight is 942 g/mol. The van der Waals surface area contributed by atoms with Crippen LogP contribution in [0.5, 0.6) is 11.5 Å². The van der Waals surface area contributed by atoms with Gasteiger partial charge in [0.25, 0.3) is 11.8 Å². The first-order valence-corrected chi connectivity index (χ1v) is 24.2. The van der Waals surface area contributed by atoms with Crippen molar-refractivity contribution >= 4 is 83.7 Å². The molecule has 6 heterocycles. The smallest absolute Gasteiger partial charge is 0.343 e. The highest BCUT2D eigenvalue weighted by Crippen LogP contribution is 2.54. The molecule has 0 bridgehead atoms. The Morgan fingerprint density at radius 1 is 0.968 bits per heavy atom. The quantitative estimate of drug-likeness (QED) is 0.0892. The number of anilines is 1. The first kappa shape index (κ1) is 42.3. The van der Waals surface area contributed by atoms with E-state index in [0.717, 1.165) is 21.8 Å². The van der Waals surface area contributed by atoms with E-state index in [1.54, 1.807) is 25.2 Å². The second kappa shape index (κ2) is 14.0. The molecule has 3 aromatic carbocycles. The Balaban J connectivity index is 1.36. The number of halogens is 2. The zero-order valence-electron chi connectivity index (χ0n) is 33.4. The van der Waals surface area contributed by atoms with E-state index in [-0.39, 0.29) is 44.9 Å². The molecule has 0 saturated carbocycles. The number of hydroxylamine groups is 2. The first-order chi connectivity index (χ1) is 28.9. The number of fused-ring (bicyclic) bond motifs is 8. The summed E-state index contributed by atoms with van der Waals surface area (Å²) in [7, 11) is -6.85. The van der Waals surface area contributed by atoms with Gasteiger partial charge in [-0.3, -0.25) is 14.1 Å². The molecule has 4 aliphatic rings. The molecule has 0 atom stereocenters. The minimum absolute atomic E-state index is 0.00350. The summed E-state index contributed by atoms with van der Waals surface area (Å²) in [6, 6.07) is 10.3. The highest BCUT2D eigenvalue weighted by atomic mass is 32.3. The highest BCUT2D eigenvalue weighted by Gasteiger charge is 2.43. The minimum atomic E-state index is -5.82. The molecule has 2 amide bonds. The SMILES string of the molecule is CN1c2cc3c(cc2-c2sccc2C1(C)C)C(c1c(F)c(SCC(=O)ON2C(=O)CCC2=O)cc(F)c1S(=O)(=O)[O-])=c1cc2c(cc1O3)=[N+](C)C(C)(C)c1cc(S(=O)(=O)O)sc1-2. The van der Waals surface area contributed by atoms with Gasteiger partial charge < -0.3 is 19.0 Å². The molecule has 2 aromatic heterocycles. The number of nitrogens with zero attached hydrogens (tertiary/aromatic N) is 3. The van der Waals surface area contributed by atoms with Crippen molar-refractivity contribution in [1.82, 2.24) is 9.64 Å². The van der Waals surface area contributed by atoms with E-state index in [1.165, 1.54) is 23.5 Å². The number of thiophene rings is 2. The third kappa shape index (κ3) is 6.34. The lowest BCUT2D eigenvalue weighted by atomic mass is 9.83. The number of carbonyl (C=O) groups is 3. The molecule has 62 heavy (non-hydrogen) atoms. The van der Waals surface area contributed by atoms with Crippen LogP contribution in [0.25, 0.3) is 26.5 Å². The van der Waals surface area contributed by atoms with Gasteiger partial charge in [0.2, 0.25) is 5.36 Å². The average Bonchev–Trinajstić information content (AvgIpc) is 3.95. The molecule has 0 aliphatic carbocycles. The van der Waals surface area contributed by atoms with E-state index in [9.17, 15) is 40.3 Å². The molecule has 4 aliphatic heterocycles. The minimum Gasteiger partial charge on any atom is -0.744 e. The van der Waals surface area contributed by atoms with Crippen molar-refractivity contribution in [2.75, 3.05) is 24.7 Å². The predicted molar refractivity (Wildman–Crippen MR) is 224 cm³/mol. The zero-order chi connectivity index (χ0) is 44.7.